The Morgan fingerprint density at radius 2 is 1.89 bits per heavy atom. The minimum atomic E-state index is -0.823. The molecule has 7 heteroatoms. The minimum absolute atomic E-state index is 0.0738. The van der Waals surface area contributed by atoms with Crippen molar-refractivity contribution < 1.29 is 9.18 Å². The Morgan fingerprint density at radius 3 is 2.59 bits per heavy atom. The second-order valence-corrected chi connectivity index (χ2v) is 6.54. The van der Waals surface area contributed by atoms with Gasteiger partial charge in [0.05, 0.1) is 5.69 Å². The molecule has 0 fully saturated rings. The van der Waals surface area contributed by atoms with Crippen LogP contribution in [0.1, 0.15) is 17.3 Å². The molecule has 0 bridgehead atoms. The number of nitrogens with one attached hydrogen (secondary N) is 2. The average Bonchev–Trinajstić information content (AvgIpc) is 2.69. The molecule has 1 atom stereocenters. The van der Waals surface area contributed by atoms with Gasteiger partial charge in [-0.2, -0.15) is 5.26 Å². The standard InChI is InChI=1S/C20H14BrFN4O/c21-14-9-10-17(16(22)11-14)25-20(27)19(13-5-2-1-3-6-13)26-18-8-4-7-15(12-23)24-18/h1-11,19H,(H,24,26)(H,25,27). The van der Waals surface area contributed by atoms with E-state index < -0.39 is 17.8 Å². The second kappa shape index (κ2) is 8.43. The summed E-state index contributed by atoms with van der Waals surface area (Å²) >= 11 is 3.19. The Bertz CT molecular complexity index is 1000. The Labute approximate surface area is 164 Å². The van der Waals surface area contributed by atoms with Gasteiger partial charge in [-0.1, -0.05) is 52.3 Å². The number of aromatic nitrogens is 1. The van der Waals surface area contributed by atoms with E-state index in [-0.39, 0.29) is 11.4 Å². The number of hydrogen-bond donors (Lipinski definition) is 2. The molecule has 3 rings (SSSR count). The normalized spacial score (nSPS) is 11.3. The molecule has 1 unspecified atom stereocenters. The number of nitrogens with zero attached hydrogens (tertiary/aromatic N) is 2. The topological polar surface area (TPSA) is 77.8 Å². The molecule has 0 radical (unpaired) electrons. The predicted octanol–water partition coefficient (Wildman–Crippen LogP) is 4.65. The highest BCUT2D eigenvalue weighted by molar-refractivity contribution is 9.10. The van der Waals surface area contributed by atoms with Gasteiger partial charge in [-0.3, -0.25) is 4.79 Å². The molecule has 0 aliphatic heterocycles. The van der Waals surface area contributed by atoms with Crippen molar-refractivity contribution in [1.29, 1.82) is 5.26 Å². The molecule has 3 aromatic rings. The summed E-state index contributed by atoms with van der Waals surface area (Å²) in [6.45, 7) is 0. The molecule has 0 saturated heterocycles. The van der Waals surface area contributed by atoms with Gasteiger partial charge in [0, 0.05) is 4.47 Å². The van der Waals surface area contributed by atoms with E-state index in [4.69, 9.17) is 5.26 Å². The van der Waals surface area contributed by atoms with Crippen molar-refractivity contribution in [2.45, 2.75) is 6.04 Å². The van der Waals surface area contributed by atoms with E-state index in [2.05, 4.69) is 31.5 Å². The van der Waals surface area contributed by atoms with Crippen LogP contribution >= 0.6 is 15.9 Å². The lowest BCUT2D eigenvalue weighted by molar-refractivity contribution is -0.117. The van der Waals surface area contributed by atoms with Crippen molar-refractivity contribution in [1.82, 2.24) is 4.98 Å². The van der Waals surface area contributed by atoms with E-state index in [0.29, 0.717) is 15.9 Å². The summed E-state index contributed by atoms with van der Waals surface area (Å²) in [6, 6.07) is 19.4. The lowest BCUT2D eigenvalue weighted by Crippen LogP contribution is -2.28. The molecule has 2 N–H and O–H groups in total. The number of rotatable bonds is 5. The monoisotopic (exact) mass is 424 g/mol. The number of hydrogen-bond acceptors (Lipinski definition) is 4. The van der Waals surface area contributed by atoms with Crippen molar-refractivity contribution in [2.24, 2.45) is 0 Å². The van der Waals surface area contributed by atoms with Crippen LogP contribution in [0, 0.1) is 17.1 Å². The van der Waals surface area contributed by atoms with Crippen LogP contribution in [0.15, 0.2) is 71.2 Å². The van der Waals surface area contributed by atoms with Gasteiger partial charge in [0.15, 0.2) is 0 Å². The molecule has 2 aromatic carbocycles. The van der Waals surface area contributed by atoms with Gasteiger partial charge in [0.1, 0.15) is 29.4 Å². The van der Waals surface area contributed by atoms with Crippen LogP contribution in [0.4, 0.5) is 15.9 Å². The molecule has 0 aliphatic rings. The van der Waals surface area contributed by atoms with E-state index in [9.17, 15) is 9.18 Å². The number of benzene rings is 2. The SMILES string of the molecule is N#Cc1cccc(NC(C(=O)Nc2ccc(Br)cc2F)c2ccccc2)n1. The van der Waals surface area contributed by atoms with E-state index in [1.165, 1.54) is 12.1 Å². The van der Waals surface area contributed by atoms with Crippen LogP contribution in [-0.4, -0.2) is 10.9 Å². The largest absolute Gasteiger partial charge is 0.355 e. The summed E-state index contributed by atoms with van der Waals surface area (Å²) in [5, 5.41) is 14.6. The fraction of sp³-hybridized carbons (Fsp3) is 0.0500. The maximum Gasteiger partial charge on any atom is 0.251 e. The van der Waals surface area contributed by atoms with Gasteiger partial charge < -0.3 is 10.6 Å². The lowest BCUT2D eigenvalue weighted by Gasteiger charge is -2.20. The van der Waals surface area contributed by atoms with E-state index >= 15 is 0 Å². The lowest BCUT2D eigenvalue weighted by atomic mass is 10.1. The number of nitriles is 1. The van der Waals surface area contributed by atoms with Crippen LogP contribution in [0.2, 0.25) is 0 Å². The van der Waals surface area contributed by atoms with Crippen LogP contribution < -0.4 is 10.6 Å². The van der Waals surface area contributed by atoms with Gasteiger partial charge in [-0.15, -0.1) is 0 Å². The van der Waals surface area contributed by atoms with Crippen LogP contribution in [-0.2, 0) is 4.79 Å². The molecule has 1 heterocycles. The van der Waals surface area contributed by atoms with Gasteiger partial charge in [-0.25, -0.2) is 9.37 Å². The Hall–Kier alpha value is -3.24. The first-order valence-corrected chi connectivity index (χ1v) is 8.80. The quantitative estimate of drug-likeness (QED) is 0.624. The molecule has 27 heavy (non-hydrogen) atoms. The first kappa shape index (κ1) is 18.5. The number of amides is 1. The molecule has 0 saturated carbocycles. The summed E-state index contributed by atoms with van der Waals surface area (Å²) < 4.78 is 14.7. The zero-order valence-electron chi connectivity index (χ0n) is 14.0. The number of carbonyl (C=O) groups is 1. The third kappa shape index (κ3) is 4.68. The first-order valence-electron chi connectivity index (χ1n) is 8.01. The van der Waals surface area contributed by atoms with Crippen LogP contribution in [0.3, 0.4) is 0 Å². The summed E-state index contributed by atoms with van der Waals surface area (Å²) in [5.74, 6) is -0.630. The second-order valence-electron chi connectivity index (χ2n) is 5.62. The molecule has 1 aromatic heterocycles. The number of pyridine rings is 1. The Balaban J connectivity index is 1.89. The predicted molar refractivity (Wildman–Crippen MR) is 104 cm³/mol. The fourth-order valence-electron chi connectivity index (χ4n) is 2.47. The van der Waals surface area contributed by atoms with E-state index in [0.717, 1.165) is 0 Å². The fourth-order valence-corrected chi connectivity index (χ4v) is 2.80. The summed E-state index contributed by atoms with van der Waals surface area (Å²) in [6.07, 6.45) is 0. The summed E-state index contributed by atoms with van der Waals surface area (Å²) in [7, 11) is 0. The zero-order chi connectivity index (χ0) is 19.2. The van der Waals surface area contributed by atoms with Crippen molar-refractivity contribution in [3.63, 3.8) is 0 Å². The average molecular weight is 425 g/mol. The van der Waals surface area contributed by atoms with Gasteiger partial charge in [0.25, 0.3) is 5.91 Å². The minimum Gasteiger partial charge on any atom is -0.355 e. The highest BCUT2D eigenvalue weighted by Crippen LogP contribution is 2.23. The summed E-state index contributed by atoms with van der Waals surface area (Å²) in [5.41, 5.74) is 0.979. The molecule has 5 nitrogen and oxygen atoms in total. The number of carbonyl (C=O) groups excluding carboxylic acids is 1. The van der Waals surface area contributed by atoms with Crippen LogP contribution in [0.25, 0.3) is 0 Å². The Kier molecular flexibility index (Phi) is 5.79. The van der Waals surface area contributed by atoms with Crippen LogP contribution in [0.5, 0.6) is 0 Å². The van der Waals surface area contributed by atoms with Crippen molar-refractivity contribution in [3.8, 4) is 6.07 Å². The number of halogens is 2. The smallest absolute Gasteiger partial charge is 0.251 e. The van der Waals surface area contributed by atoms with Gasteiger partial charge in [-0.05, 0) is 35.9 Å². The first-order chi connectivity index (χ1) is 13.1. The molecular formula is C20H14BrFN4O. The Morgan fingerprint density at radius 1 is 1.11 bits per heavy atom. The highest BCUT2D eigenvalue weighted by Gasteiger charge is 2.22. The van der Waals surface area contributed by atoms with Gasteiger partial charge in [0.2, 0.25) is 0 Å². The number of anilines is 2. The third-order valence-corrected chi connectivity index (χ3v) is 4.23. The van der Waals surface area contributed by atoms with Crippen molar-refractivity contribution >= 4 is 33.3 Å². The third-order valence-electron chi connectivity index (χ3n) is 3.74. The maximum atomic E-state index is 14.1. The summed E-state index contributed by atoms with van der Waals surface area (Å²) in [4.78, 5) is 17.0. The van der Waals surface area contributed by atoms with Crippen molar-refractivity contribution in [3.05, 3.63) is 88.3 Å². The molecular weight excluding hydrogens is 411 g/mol. The molecule has 1 amide bonds. The van der Waals surface area contributed by atoms with E-state index in [1.54, 1.807) is 48.5 Å². The van der Waals surface area contributed by atoms with E-state index in [1.807, 2.05) is 12.1 Å². The van der Waals surface area contributed by atoms with Gasteiger partial charge >= 0.3 is 0 Å². The maximum absolute atomic E-state index is 14.1. The zero-order valence-corrected chi connectivity index (χ0v) is 15.6. The molecule has 0 aliphatic carbocycles. The van der Waals surface area contributed by atoms with Crippen molar-refractivity contribution in [2.75, 3.05) is 10.6 Å². The molecule has 0 spiro atoms. The highest BCUT2D eigenvalue weighted by atomic mass is 79.9. The molecule has 134 valence electrons.